The number of benzene rings is 1. The zero-order chi connectivity index (χ0) is 13.7. The summed E-state index contributed by atoms with van der Waals surface area (Å²) < 4.78 is 5.62. The summed E-state index contributed by atoms with van der Waals surface area (Å²) in [5.41, 5.74) is 0. The third-order valence-corrected chi connectivity index (χ3v) is 3.68. The molecule has 0 spiro atoms. The molecule has 1 fully saturated rings. The van der Waals surface area contributed by atoms with Gasteiger partial charge in [-0.25, -0.2) is 0 Å². The first-order valence-electron chi connectivity index (χ1n) is 6.48. The largest absolute Gasteiger partial charge is 0.492 e. The molecule has 1 heterocycles. The Hall–Kier alpha value is -1.26. The van der Waals surface area contributed by atoms with E-state index in [-0.39, 0.29) is 5.92 Å². The molecule has 0 amide bonds. The molecule has 1 aromatic rings. The van der Waals surface area contributed by atoms with Crippen molar-refractivity contribution in [1.29, 1.82) is 0 Å². The minimum absolute atomic E-state index is 0.173. The Kier molecular flexibility index (Phi) is 5.05. The highest BCUT2D eigenvalue weighted by Gasteiger charge is 2.23. The zero-order valence-corrected chi connectivity index (χ0v) is 11.5. The normalized spacial score (nSPS) is 17.3. The fraction of sp³-hybridized carbons (Fsp3) is 0.500. The highest BCUT2D eigenvalue weighted by molar-refractivity contribution is 6.30. The molecule has 0 bridgehead atoms. The van der Waals surface area contributed by atoms with Gasteiger partial charge in [0.05, 0.1) is 5.92 Å². The van der Waals surface area contributed by atoms with Gasteiger partial charge in [-0.15, -0.1) is 0 Å². The summed E-state index contributed by atoms with van der Waals surface area (Å²) in [7, 11) is 0. The molecule has 0 saturated carbocycles. The van der Waals surface area contributed by atoms with E-state index in [0.717, 1.165) is 38.2 Å². The molecule has 104 valence electrons. The van der Waals surface area contributed by atoms with Gasteiger partial charge in [0, 0.05) is 11.6 Å². The molecule has 0 aromatic heterocycles. The van der Waals surface area contributed by atoms with Crippen molar-refractivity contribution >= 4 is 17.6 Å². The van der Waals surface area contributed by atoms with Crippen molar-refractivity contribution in [2.24, 2.45) is 5.92 Å². The van der Waals surface area contributed by atoms with Crippen molar-refractivity contribution in [3.8, 4) is 5.75 Å². The second kappa shape index (κ2) is 6.78. The Labute approximate surface area is 117 Å². The summed E-state index contributed by atoms with van der Waals surface area (Å²) in [5, 5.41) is 9.61. The van der Waals surface area contributed by atoms with Gasteiger partial charge in [0.1, 0.15) is 12.4 Å². The van der Waals surface area contributed by atoms with Gasteiger partial charge < -0.3 is 9.84 Å². The number of likely N-dealkylation sites (tertiary alicyclic amines) is 1. The van der Waals surface area contributed by atoms with Crippen LogP contribution >= 0.6 is 11.6 Å². The van der Waals surface area contributed by atoms with Crippen molar-refractivity contribution in [2.45, 2.75) is 12.8 Å². The van der Waals surface area contributed by atoms with Crippen LogP contribution in [0, 0.1) is 5.92 Å². The van der Waals surface area contributed by atoms with Crippen LogP contribution in [0.1, 0.15) is 12.8 Å². The van der Waals surface area contributed by atoms with Gasteiger partial charge in [-0.3, -0.25) is 9.69 Å². The van der Waals surface area contributed by atoms with Crippen LogP contribution in [-0.4, -0.2) is 42.2 Å². The van der Waals surface area contributed by atoms with Crippen LogP contribution in [0.4, 0.5) is 0 Å². The average molecular weight is 284 g/mol. The molecular formula is C14H18ClNO3. The van der Waals surface area contributed by atoms with Crippen molar-refractivity contribution < 1.29 is 14.6 Å². The van der Waals surface area contributed by atoms with Gasteiger partial charge in [0.25, 0.3) is 0 Å². The predicted octanol–water partition coefficient (Wildman–Crippen LogP) is 2.52. The third-order valence-electron chi connectivity index (χ3n) is 3.43. The van der Waals surface area contributed by atoms with E-state index in [4.69, 9.17) is 21.4 Å². The number of carboxylic acid groups (broad SMARTS) is 1. The Morgan fingerprint density at radius 2 is 1.95 bits per heavy atom. The number of nitrogens with zero attached hydrogens (tertiary/aromatic N) is 1. The van der Waals surface area contributed by atoms with E-state index < -0.39 is 5.97 Å². The fourth-order valence-corrected chi connectivity index (χ4v) is 2.35. The van der Waals surface area contributed by atoms with Gasteiger partial charge in [-0.05, 0) is 50.2 Å². The van der Waals surface area contributed by atoms with E-state index in [2.05, 4.69) is 4.90 Å². The lowest BCUT2D eigenvalue weighted by Crippen LogP contribution is -2.38. The first-order chi connectivity index (χ1) is 9.15. The first-order valence-corrected chi connectivity index (χ1v) is 6.86. The Morgan fingerprint density at radius 3 is 2.53 bits per heavy atom. The van der Waals surface area contributed by atoms with Crippen LogP contribution in [0.3, 0.4) is 0 Å². The topological polar surface area (TPSA) is 49.8 Å². The van der Waals surface area contributed by atoms with Crippen molar-refractivity contribution in [1.82, 2.24) is 4.90 Å². The molecule has 0 unspecified atom stereocenters. The number of aliphatic carboxylic acids is 1. The second-order valence-electron chi connectivity index (χ2n) is 4.76. The molecule has 1 aliphatic heterocycles. The first kappa shape index (κ1) is 14.2. The third kappa shape index (κ3) is 4.40. The summed E-state index contributed by atoms with van der Waals surface area (Å²) in [5.74, 6) is -0.0321. The number of halogens is 1. The fourth-order valence-electron chi connectivity index (χ4n) is 2.23. The molecule has 2 rings (SSSR count). The summed E-state index contributed by atoms with van der Waals surface area (Å²) in [6.45, 7) is 3.11. The summed E-state index contributed by atoms with van der Waals surface area (Å²) >= 11 is 5.79. The predicted molar refractivity (Wildman–Crippen MR) is 73.7 cm³/mol. The Bertz CT molecular complexity index is 413. The molecule has 1 aromatic carbocycles. The standard InChI is InChI=1S/C14H18ClNO3/c15-12-1-3-13(4-2-12)19-10-9-16-7-5-11(6-8-16)14(17)18/h1-4,11H,5-10H2,(H,17,18). The highest BCUT2D eigenvalue weighted by Crippen LogP contribution is 2.18. The monoisotopic (exact) mass is 283 g/mol. The number of piperidine rings is 1. The van der Waals surface area contributed by atoms with Gasteiger partial charge in [0.15, 0.2) is 0 Å². The zero-order valence-electron chi connectivity index (χ0n) is 10.7. The van der Waals surface area contributed by atoms with Crippen LogP contribution in [-0.2, 0) is 4.79 Å². The highest BCUT2D eigenvalue weighted by atomic mass is 35.5. The van der Waals surface area contributed by atoms with Gasteiger partial charge >= 0.3 is 5.97 Å². The molecule has 0 aliphatic carbocycles. The van der Waals surface area contributed by atoms with E-state index in [1.807, 2.05) is 12.1 Å². The number of carbonyl (C=O) groups is 1. The van der Waals surface area contributed by atoms with Crippen molar-refractivity contribution in [2.75, 3.05) is 26.2 Å². The summed E-state index contributed by atoms with van der Waals surface area (Å²) in [4.78, 5) is 13.1. The molecular weight excluding hydrogens is 266 g/mol. The van der Waals surface area contributed by atoms with Crippen LogP contribution in [0.15, 0.2) is 24.3 Å². The van der Waals surface area contributed by atoms with Crippen LogP contribution < -0.4 is 4.74 Å². The van der Waals surface area contributed by atoms with Gasteiger partial charge in [0.2, 0.25) is 0 Å². The van der Waals surface area contributed by atoms with Gasteiger partial charge in [-0.2, -0.15) is 0 Å². The smallest absolute Gasteiger partial charge is 0.306 e. The van der Waals surface area contributed by atoms with Crippen LogP contribution in [0.25, 0.3) is 0 Å². The number of hydrogen-bond donors (Lipinski definition) is 1. The van der Waals surface area contributed by atoms with Crippen molar-refractivity contribution in [3.63, 3.8) is 0 Å². The lowest BCUT2D eigenvalue weighted by Gasteiger charge is -2.29. The maximum Gasteiger partial charge on any atom is 0.306 e. The van der Waals surface area contributed by atoms with E-state index >= 15 is 0 Å². The SMILES string of the molecule is O=C(O)C1CCN(CCOc2ccc(Cl)cc2)CC1. The Balaban J connectivity index is 1.67. The number of rotatable bonds is 5. The molecule has 0 atom stereocenters. The molecule has 19 heavy (non-hydrogen) atoms. The minimum atomic E-state index is -0.669. The average Bonchev–Trinajstić information content (AvgIpc) is 2.41. The van der Waals surface area contributed by atoms with E-state index in [0.29, 0.717) is 11.6 Å². The van der Waals surface area contributed by atoms with E-state index in [9.17, 15) is 4.79 Å². The lowest BCUT2D eigenvalue weighted by atomic mass is 9.97. The van der Waals surface area contributed by atoms with Crippen LogP contribution in [0.5, 0.6) is 5.75 Å². The maximum absolute atomic E-state index is 10.8. The Morgan fingerprint density at radius 1 is 1.32 bits per heavy atom. The van der Waals surface area contributed by atoms with Crippen molar-refractivity contribution in [3.05, 3.63) is 29.3 Å². The summed E-state index contributed by atoms with van der Waals surface area (Å²) in [6, 6.07) is 7.29. The molecule has 1 saturated heterocycles. The van der Waals surface area contributed by atoms with Gasteiger partial charge in [-0.1, -0.05) is 11.6 Å². The number of hydrogen-bond acceptors (Lipinski definition) is 3. The molecule has 5 heteroatoms. The molecule has 1 aliphatic rings. The number of carboxylic acids is 1. The molecule has 1 N–H and O–H groups in total. The quantitative estimate of drug-likeness (QED) is 0.902. The van der Waals surface area contributed by atoms with E-state index in [1.54, 1.807) is 12.1 Å². The summed E-state index contributed by atoms with van der Waals surface area (Å²) in [6.07, 6.45) is 1.46. The molecule has 0 radical (unpaired) electrons. The minimum Gasteiger partial charge on any atom is -0.492 e. The van der Waals surface area contributed by atoms with Crippen LogP contribution in [0.2, 0.25) is 5.02 Å². The second-order valence-corrected chi connectivity index (χ2v) is 5.19. The maximum atomic E-state index is 10.8. The molecule has 4 nitrogen and oxygen atoms in total. The van der Waals surface area contributed by atoms with E-state index in [1.165, 1.54) is 0 Å². The number of ether oxygens (including phenoxy) is 1. The lowest BCUT2D eigenvalue weighted by molar-refractivity contribution is -0.143.